The Labute approximate surface area is 108 Å². The highest BCUT2D eigenvalue weighted by atomic mass is 16.2. The Morgan fingerprint density at radius 3 is 2.56 bits per heavy atom. The molecule has 0 aromatic carbocycles. The summed E-state index contributed by atoms with van der Waals surface area (Å²) in [6, 6.07) is 0. The van der Waals surface area contributed by atoms with E-state index in [0.29, 0.717) is 13.1 Å². The molecule has 1 aromatic rings. The van der Waals surface area contributed by atoms with Gasteiger partial charge in [0, 0.05) is 31.4 Å². The van der Waals surface area contributed by atoms with E-state index in [0.717, 1.165) is 36.2 Å². The zero-order valence-corrected chi connectivity index (χ0v) is 11.4. The molecule has 0 unspecified atom stereocenters. The summed E-state index contributed by atoms with van der Waals surface area (Å²) in [5, 5.41) is 7.36. The summed E-state index contributed by atoms with van der Waals surface area (Å²) in [6.45, 7) is 4.98. The van der Waals surface area contributed by atoms with E-state index in [1.165, 1.54) is 0 Å². The van der Waals surface area contributed by atoms with Gasteiger partial charge in [0.05, 0.1) is 11.1 Å². The summed E-state index contributed by atoms with van der Waals surface area (Å²) < 4.78 is 1.85. The average Bonchev–Trinajstić information content (AvgIpc) is 2.50. The second-order valence-corrected chi connectivity index (χ2v) is 5.29. The van der Waals surface area contributed by atoms with Crippen molar-refractivity contribution in [2.24, 2.45) is 18.2 Å². The van der Waals surface area contributed by atoms with Crippen LogP contribution in [0.15, 0.2) is 0 Å². The van der Waals surface area contributed by atoms with Crippen molar-refractivity contribution in [1.82, 2.24) is 15.1 Å². The topological polar surface area (TPSA) is 72.9 Å². The summed E-state index contributed by atoms with van der Waals surface area (Å²) in [4.78, 5) is 12.2. The van der Waals surface area contributed by atoms with Gasteiger partial charge in [0.25, 0.3) is 0 Å². The van der Waals surface area contributed by atoms with Crippen molar-refractivity contribution in [3.05, 3.63) is 17.0 Å². The highest BCUT2D eigenvalue weighted by molar-refractivity contribution is 5.83. The molecule has 0 saturated heterocycles. The zero-order chi connectivity index (χ0) is 13.3. The molecule has 100 valence electrons. The highest BCUT2D eigenvalue weighted by Crippen LogP contribution is 2.40. The quantitative estimate of drug-likeness (QED) is 0.829. The number of rotatable bonds is 4. The van der Waals surface area contributed by atoms with Crippen LogP contribution in [-0.4, -0.2) is 22.2 Å². The third kappa shape index (κ3) is 2.03. The molecule has 18 heavy (non-hydrogen) atoms. The second-order valence-electron chi connectivity index (χ2n) is 5.29. The lowest BCUT2D eigenvalue weighted by atomic mass is 9.68. The Bertz CT molecular complexity index is 454. The van der Waals surface area contributed by atoms with Crippen LogP contribution in [0.2, 0.25) is 0 Å². The van der Waals surface area contributed by atoms with Crippen molar-refractivity contribution in [3.8, 4) is 0 Å². The van der Waals surface area contributed by atoms with Crippen LogP contribution in [0.4, 0.5) is 0 Å². The monoisotopic (exact) mass is 250 g/mol. The minimum absolute atomic E-state index is 0.0962. The summed E-state index contributed by atoms with van der Waals surface area (Å²) in [5.41, 5.74) is 8.61. The molecule has 1 amide bonds. The van der Waals surface area contributed by atoms with E-state index in [1.54, 1.807) is 0 Å². The van der Waals surface area contributed by atoms with E-state index in [1.807, 2.05) is 25.6 Å². The SMILES string of the molecule is Cc1nn(C)c(C)c1CNC(=O)C1(CN)CCC1. The molecule has 5 heteroatoms. The summed E-state index contributed by atoms with van der Waals surface area (Å²) >= 11 is 0. The smallest absolute Gasteiger partial charge is 0.227 e. The fraction of sp³-hybridized carbons (Fsp3) is 0.692. The Morgan fingerprint density at radius 2 is 2.17 bits per heavy atom. The molecule has 2 rings (SSSR count). The number of nitrogens with two attached hydrogens (primary N) is 1. The zero-order valence-electron chi connectivity index (χ0n) is 11.4. The molecule has 0 atom stereocenters. The fourth-order valence-electron chi connectivity index (χ4n) is 2.56. The van der Waals surface area contributed by atoms with Crippen LogP contribution in [0, 0.1) is 19.3 Å². The van der Waals surface area contributed by atoms with Crippen LogP contribution < -0.4 is 11.1 Å². The predicted molar refractivity (Wildman–Crippen MR) is 69.9 cm³/mol. The average molecular weight is 250 g/mol. The minimum atomic E-state index is -0.302. The number of nitrogens with one attached hydrogen (secondary N) is 1. The van der Waals surface area contributed by atoms with Gasteiger partial charge in [-0.05, 0) is 26.7 Å². The maximum absolute atomic E-state index is 12.2. The standard InChI is InChI=1S/C13H22N4O/c1-9-11(10(2)17(3)16-9)7-15-12(18)13(8-14)5-4-6-13/h4-8,14H2,1-3H3,(H,15,18). The number of amides is 1. The van der Waals surface area contributed by atoms with Crippen LogP contribution in [0.1, 0.15) is 36.2 Å². The van der Waals surface area contributed by atoms with Crippen LogP contribution >= 0.6 is 0 Å². The Hall–Kier alpha value is -1.36. The molecule has 0 aliphatic heterocycles. The third-order valence-corrected chi connectivity index (χ3v) is 4.27. The molecule has 0 bridgehead atoms. The van der Waals surface area contributed by atoms with Gasteiger partial charge >= 0.3 is 0 Å². The highest BCUT2D eigenvalue weighted by Gasteiger charge is 2.42. The Kier molecular flexibility index (Phi) is 3.43. The fourth-order valence-corrected chi connectivity index (χ4v) is 2.56. The molecular weight excluding hydrogens is 228 g/mol. The van der Waals surface area contributed by atoms with E-state index in [2.05, 4.69) is 10.4 Å². The lowest BCUT2D eigenvalue weighted by Gasteiger charge is -2.39. The first-order valence-electron chi connectivity index (χ1n) is 6.47. The van der Waals surface area contributed by atoms with Gasteiger partial charge < -0.3 is 11.1 Å². The van der Waals surface area contributed by atoms with Crippen molar-refractivity contribution in [2.45, 2.75) is 39.7 Å². The lowest BCUT2D eigenvalue weighted by Crippen LogP contribution is -2.50. The van der Waals surface area contributed by atoms with Gasteiger partial charge in [-0.25, -0.2) is 0 Å². The van der Waals surface area contributed by atoms with Crippen molar-refractivity contribution in [2.75, 3.05) is 6.54 Å². The van der Waals surface area contributed by atoms with Crippen LogP contribution in [0.3, 0.4) is 0 Å². The Morgan fingerprint density at radius 1 is 1.50 bits per heavy atom. The molecule has 1 fully saturated rings. The maximum Gasteiger partial charge on any atom is 0.227 e. The normalized spacial score (nSPS) is 17.3. The van der Waals surface area contributed by atoms with E-state index in [4.69, 9.17) is 5.73 Å². The van der Waals surface area contributed by atoms with Gasteiger partial charge in [-0.1, -0.05) is 6.42 Å². The largest absolute Gasteiger partial charge is 0.351 e. The van der Waals surface area contributed by atoms with Crippen LogP contribution in [-0.2, 0) is 18.4 Å². The van der Waals surface area contributed by atoms with Crippen LogP contribution in [0.25, 0.3) is 0 Å². The minimum Gasteiger partial charge on any atom is -0.351 e. The number of aryl methyl sites for hydroxylation is 2. The molecule has 1 saturated carbocycles. The first kappa shape index (κ1) is 13.1. The van der Waals surface area contributed by atoms with Crippen LogP contribution in [0.5, 0.6) is 0 Å². The molecule has 1 aliphatic rings. The number of hydrogen-bond donors (Lipinski definition) is 2. The van der Waals surface area contributed by atoms with Crippen molar-refractivity contribution >= 4 is 5.91 Å². The van der Waals surface area contributed by atoms with E-state index < -0.39 is 0 Å². The summed E-state index contributed by atoms with van der Waals surface area (Å²) in [7, 11) is 1.92. The third-order valence-electron chi connectivity index (χ3n) is 4.27. The lowest BCUT2D eigenvalue weighted by molar-refractivity contribution is -0.135. The molecule has 3 N–H and O–H groups in total. The molecular formula is C13H22N4O. The maximum atomic E-state index is 12.2. The van der Waals surface area contributed by atoms with E-state index in [-0.39, 0.29) is 11.3 Å². The predicted octanol–water partition coefficient (Wildman–Crippen LogP) is 0.782. The van der Waals surface area contributed by atoms with E-state index in [9.17, 15) is 4.79 Å². The van der Waals surface area contributed by atoms with Crippen molar-refractivity contribution < 1.29 is 4.79 Å². The van der Waals surface area contributed by atoms with Gasteiger partial charge in [-0.3, -0.25) is 9.48 Å². The first-order chi connectivity index (χ1) is 8.50. The molecule has 1 aliphatic carbocycles. The van der Waals surface area contributed by atoms with Gasteiger partial charge in [0.1, 0.15) is 0 Å². The summed E-state index contributed by atoms with van der Waals surface area (Å²) in [6.07, 6.45) is 2.94. The van der Waals surface area contributed by atoms with Crippen molar-refractivity contribution in [3.63, 3.8) is 0 Å². The molecule has 1 heterocycles. The number of carbonyl (C=O) groups is 1. The van der Waals surface area contributed by atoms with Crippen molar-refractivity contribution in [1.29, 1.82) is 0 Å². The summed E-state index contributed by atoms with van der Waals surface area (Å²) in [5.74, 6) is 0.0962. The van der Waals surface area contributed by atoms with Gasteiger partial charge in [0.2, 0.25) is 5.91 Å². The van der Waals surface area contributed by atoms with E-state index >= 15 is 0 Å². The van der Waals surface area contributed by atoms with Gasteiger partial charge in [-0.2, -0.15) is 5.10 Å². The number of hydrogen-bond acceptors (Lipinski definition) is 3. The number of nitrogens with zero attached hydrogens (tertiary/aromatic N) is 2. The Balaban J connectivity index is 2.01. The second kappa shape index (κ2) is 4.72. The molecule has 0 radical (unpaired) electrons. The molecule has 5 nitrogen and oxygen atoms in total. The molecule has 0 spiro atoms. The van der Waals surface area contributed by atoms with Gasteiger partial charge in [-0.15, -0.1) is 0 Å². The first-order valence-corrected chi connectivity index (χ1v) is 6.47. The van der Waals surface area contributed by atoms with Gasteiger partial charge in [0.15, 0.2) is 0 Å². The molecule has 1 aromatic heterocycles. The number of aromatic nitrogens is 2. The number of carbonyl (C=O) groups excluding carboxylic acids is 1.